The van der Waals surface area contributed by atoms with E-state index in [4.69, 9.17) is 0 Å². The Bertz CT molecular complexity index is 248. The van der Waals surface area contributed by atoms with E-state index in [1.807, 2.05) is 0 Å². The Morgan fingerprint density at radius 1 is 0.609 bits per heavy atom. The topological polar surface area (TPSA) is 26.3 Å². The molecule has 0 bridgehead atoms. The van der Waals surface area contributed by atoms with Gasteiger partial charge < -0.3 is 4.74 Å². The zero-order valence-corrected chi connectivity index (χ0v) is 15.6. The molecule has 23 heavy (non-hydrogen) atoms. The summed E-state index contributed by atoms with van der Waals surface area (Å²) in [5.74, 6) is 0. The molecule has 0 aliphatic rings. The molecule has 0 heterocycles. The first-order chi connectivity index (χ1) is 11.4. The van der Waals surface area contributed by atoms with Gasteiger partial charge in [-0.05, 0) is 32.1 Å². The summed E-state index contributed by atoms with van der Waals surface area (Å²) in [5, 5.41) is 0. The van der Waals surface area contributed by atoms with Crippen LogP contribution in [-0.4, -0.2) is 13.1 Å². The molecular formula is C21H40O2. The molecule has 0 aliphatic heterocycles. The summed E-state index contributed by atoms with van der Waals surface area (Å²) in [6.45, 7) is 3.41. The number of hydrogen-bond acceptors (Lipinski definition) is 2. The molecular weight excluding hydrogens is 284 g/mol. The van der Waals surface area contributed by atoms with Gasteiger partial charge >= 0.3 is 0 Å². The lowest BCUT2D eigenvalue weighted by atomic mass is 10.1. The van der Waals surface area contributed by atoms with Crippen molar-refractivity contribution < 1.29 is 9.53 Å². The van der Waals surface area contributed by atoms with Gasteiger partial charge in [-0.2, -0.15) is 0 Å². The van der Waals surface area contributed by atoms with Crippen molar-refractivity contribution in [3.63, 3.8) is 0 Å². The second-order valence-corrected chi connectivity index (χ2v) is 6.61. The second-order valence-electron chi connectivity index (χ2n) is 6.61. The SMILES string of the molecule is CCCCCCC=CCCCCCCCCCCCCOC=O. The summed E-state index contributed by atoms with van der Waals surface area (Å²) in [7, 11) is 0. The van der Waals surface area contributed by atoms with Gasteiger partial charge in [-0.15, -0.1) is 0 Å². The number of allylic oxidation sites excluding steroid dienone is 2. The van der Waals surface area contributed by atoms with Crippen LogP contribution >= 0.6 is 0 Å². The first-order valence-electron chi connectivity index (χ1n) is 10.1. The average molecular weight is 325 g/mol. The van der Waals surface area contributed by atoms with E-state index in [1.54, 1.807) is 0 Å². The first-order valence-corrected chi connectivity index (χ1v) is 10.1. The molecule has 2 heteroatoms. The van der Waals surface area contributed by atoms with Crippen LogP contribution in [0, 0.1) is 0 Å². The Kier molecular flexibility index (Phi) is 20.5. The highest BCUT2D eigenvalue weighted by atomic mass is 16.5. The number of unbranched alkanes of at least 4 members (excludes halogenated alkanes) is 14. The molecule has 0 aromatic heterocycles. The number of carbonyl (C=O) groups excluding carboxylic acids is 1. The molecule has 136 valence electrons. The smallest absolute Gasteiger partial charge is 0.293 e. The van der Waals surface area contributed by atoms with Crippen LogP contribution in [0.3, 0.4) is 0 Å². The number of hydrogen-bond donors (Lipinski definition) is 0. The lowest BCUT2D eigenvalue weighted by Crippen LogP contribution is -1.91. The van der Waals surface area contributed by atoms with Crippen molar-refractivity contribution in [3.8, 4) is 0 Å². The van der Waals surface area contributed by atoms with E-state index in [2.05, 4.69) is 23.8 Å². The zero-order valence-electron chi connectivity index (χ0n) is 15.6. The summed E-state index contributed by atoms with van der Waals surface area (Å²) in [6.07, 6.45) is 26.0. The third-order valence-corrected chi connectivity index (χ3v) is 4.34. The molecule has 0 N–H and O–H groups in total. The van der Waals surface area contributed by atoms with Crippen LogP contribution in [-0.2, 0) is 9.53 Å². The number of ether oxygens (including phenoxy) is 1. The molecule has 0 aromatic carbocycles. The highest BCUT2D eigenvalue weighted by molar-refractivity contribution is 5.36. The molecule has 0 rings (SSSR count). The van der Waals surface area contributed by atoms with Gasteiger partial charge in [-0.1, -0.05) is 89.7 Å². The maximum Gasteiger partial charge on any atom is 0.293 e. The Labute approximate surface area is 145 Å². The van der Waals surface area contributed by atoms with Gasteiger partial charge in [0.15, 0.2) is 0 Å². The molecule has 0 amide bonds. The Balaban J connectivity index is 3.02. The van der Waals surface area contributed by atoms with Crippen molar-refractivity contribution >= 4 is 6.47 Å². The minimum atomic E-state index is 0.545. The molecule has 0 atom stereocenters. The standard InChI is InChI=1S/C21H40O2/c1-2-3-4-5-6-7-8-9-10-11-12-13-14-15-16-17-18-19-20-23-21-22/h7-8,21H,2-6,9-20H2,1H3. The minimum Gasteiger partial charge on any atom is -0.468 e. The van der Waals surface area contributed by atoms with Crippen LogP contribution < -0.4 is 0 Å². The normalized spacial score (nSPS) is 11.2. The largest absolute Gasteiger partial charge is 0.468 e. The fourth-order valence-electron chi connectivity index (χ4n) is 2.83. The van der Waals surface area contributed by atoms with Crippen molar-refractivity contribution in [1.82, 2.24) is 0 Å². The Hall–Kier alpha value is -0.790. The average Bonchev–Trinajstić information content (AvgIpc) is 2.57. The number of rotatable bonds is 19. The predicted molar refractivity (Wildman–Crippen MR) is 101 cm³/mol. The van der Waals surface area contributed by atoms with E-state index in [1.165, 1.54) is 96.3 Å². The van der Waals surface area contributed by atoms with E-state index in [0.29, 0.717) is 13.1 Å². The summed E-state index contributed by atoms with van der Waals surface area (Å²) in [5.41, 5.74) is 0. The van der Waals surface area contributed by atoms with Gasteiger partial charge in [-0.3, -0.25) is 4.79 Å². The van der Waals surface area contributed by atoms with Gasteiger partial charge in [0.2, 0.25) is 0 Å². The Morgan fingerprint density at radius 2 is 1.04 bits per heavy atom. The summed E-state index contributed by atoms with van der Waals surface area (Å²) < 4.78 is 4.68. The van der Waals surface area contributed by atoms with Crippen molar-refractivity contribution in [2.45, 2.75) is 110 Å². The Morgan fingerprint density at radius 3 is 1.52 bits per heavy atom. The van der Waals surface area contributed by atoms with Crippen molar-refractivity contribution in [3.05, 3.63) is 12.2 Å². The fraction of sp³-hybridized carbons (Fsp3) is 0.857. The van der Waals surface area contributed by atoms with E-state index < -0.39 is 0 Å². The van der Waals surface area contributed by atoms with Gasteiger partial charge in [0, 0.05) is 0 Å². The minimum absolute atomic E-state index is 0.545. The molecule has 0 aromatic rings. The maximum absolute atomic E-state index is 9.96. The van der Waals surface area contributed by atoms with Crippen LogP contribution in [0.1, 0.15) is 110 Å². The summed E-state index contributed by atoms with van der Waals surface area (Å²) in [4.78, 5) is 9.96. The molecule has 0 spiro atoms. The first kappa shape index (κ1) is 22.2. The van der Waals surface area contributed by atoms with E-state index in [9.17, 15) is 4.79 Å². The zero-order chi connectivity index (χ0) is 16.8. The van der Waals surface area contributed by atoms with Gasteiger partial charge in [-0.25, -0.2) is 0 Å². The third-order valence-electron chi connectivity index (χ3n) is 4.34. The molecule has 0 unspecified atom stereocenters. The fourth-order valence-corrected chi connectivity index (χ4v) is 2.83. The van der Waals surface area contributed by atoms with Crippen molar-refractivity contribution in [1.29, 1.82) is 0 Å². The monoisotopic (exact) mass is 324 g/mol. The van der Waals surface area contributed by atoms with Crippen LogP contribution in [0.2, 0.25) is 0 Å². The van der Waals surface area contributed by atoms with E-state index in [-0.39, 0.29) is 0 Å². The van der Waals surface area contributed by atoms with Crippen LogP contribution in [0.4, 0.5) is 0 Å². The van der Waals surface area contributed by atoms with Crippen LogP contribution in [0.15, 0.2) is 12.2 Å². The van der Waals surface area contributed by atoms with Crippen molar-refractivity contribution in [2.24, 2.45) is 0 Å². The maximum atomic E-state index is 9.96. The summed E-state index contributed by atoms with van der Waals surface area (Å²) >= 11 is 0. The van der Waals surface area contributed by atoms with Gasteiger partial charge in [0.05, 0.1) is 6.61 Å². The van der Waals surface area contributed by atoms with E-state index in [0.717, 1.165) is 6.42 Å². The summed E-state index contributed by atoms with van der Waals surface area (Å²) in [6, 6.07) is 0. The molecule has 2 nitrogen and oxygen atoms in total. The molecule has 0 aliphatic carbocycles. The third kappa shape index (κ3) is 21.2. The van der Waals surface area contributed by atoms with Gasteiger partial charge in [0.25, 0.3) is 6.47 Å². The predicted octanol–water partition coefficient (Wildman–Crippen LogP) is 6.98. The van der Waals surface area contributed by atoms with Crippen molar-refractivity contribution in [2.75, 3.05) is 6.61 Å². The second kappa shape index (κ2) is 21.2. The van der Waals surface area contributed by atoms with E-state index >= 15 is 0 Å². The molecule has 0 saturated carbocycles. The molecule has 0 saturated heterocycles. The van der Waals surface area contributed by atoms with Crippen LogP contribution in [0.5, 0.6) is 0 Å². The highest BCUT2D eigenvalue weighted by Gasteiger charge is 1.93. The lowest BCUT2D eigenvalue weighted by Gasteiger charge is -2.02. The molecule has 0 fully saturated rings. The highest BCUT2D eigenvalue weighted by Crippen LogP contribution is 2.12. The quantitative estimate of drug-likeness (QED) is 0.145. The van der Waals surface area contributed by atoms with Crippen LogP contribution in [0.25, 0.3) is 0 Å². The number of carbonyl (C=O) groups is 1. The lowest BCUT2D eigenvalue weighted by molar-refractivity contribution is -0.128. The van der Waals surface area contributed by atoms with Gasteiger partial charge in [0.1, 0.15) is 0 Å². The molecule has 0 radical (unpaired) electrons.